The molecule has 166 valence electrons. The van der Waals surface area contributed by atoms with E-state index in [0.29, 0.717) is 17.3 Å². The summed E-state index contributed by atoms with van der Waals surface area (Å²) in [6.45, 7) is 10.3. The van der Waals surface area contributed by atoms with Crippen LogP contribution in [0.3, 0.4) is 0 Å². The zero-order chi connectivity index (χ0) is 22.7. The standard InChI is InChI=1S/C21H27F3N2O3S/c1-13(2)11-26-12-17(20(3,4)5)30-19(26)25-18(28)15-10-14(21(22,23)24)6-7-16(15)29-9-8-27/h6-7,10,12-13,27H,8-9,11H2,1-5H3/b25-19-. The van der Waals surface area contributed by atoms with Crippen LogP contribution in [-0.4, -0.2) is 28.8 Å². The van der Waals surface area contributed by atoms with Crippen LogP contribution in [-0.2, 0) is 18.1 Å². The van der Waals surface area contributed by atoms with Crippen molar-refractivity contribution in [1.82, 2.24) is 4.57 Å². The average molecular weight is 445 g/mol. The number of aliphatic hydroxyl groups excluding tert-OH is 1. The lowest BCUT2D eigenvalue weighted by atomic mass is 9.95. The predicted molar refractivity (Wildman–Crippen MR) is 110 cm³/mol. The predicted octanol–water partition coefficient (Wildman–Crippen LogP) is 4.63. The molecule has 0 aliphatic rings. The Morgan fingerprint density at radius 3 is 2.47 bits per heavy atom. The first kappa shape index (κ1) is 24.1. The van der Waals surface area contributed by atoms with Crippen molar-refractivity contribution in [3.63, 3.8) is 0 Å². The number of hydrogen-bond donors (Lipinski definition) is 1. The zero-order valence-corrected chi connectivity index (χ0v) is 18.5. The van der Waals surface area contributed by atoms with Gasteiger partial charge in [-0.1, -0.05) is 34.6 Å². The van der Waals surface area contributed by atoms with Crippen molar-refractivity contribution in [2.24, 2.45) is 10.9 Å². The minimum atomic E-state index is -4.61. The molecule has 1 aromatic heterocycles. The number of aliphatic hydroxyl groups is 1. The van der Waals surface area contributed by atoms with Crippen molar-refractivity contribution in [2.75, 3.05) is 13.2 Å². The number of alkyl halides is 3. The molecule has 2 aromatic rings. The second-order valence-corrected chi connectivity index (χ2v) is 9.38. The molecule has 0 aliphatic carbocycles. The van der Waals surface area contributed by atoms with E-state index in [9.17, 15) is 18.0 Å². The van der Waals surface area contributed by atoms with Crippen LogP contribution in [0.1, 0.15) is 55.4 Å². The number of thiazole rings is 1. The third-order valence-corrected chi connectivity index (χ3v) is 5.55. The molecule has 5 nitrogen and oxygen atoms in total. The Labute approximate surface area is 177 Å². The number of rotatable bonds is 6. The Morgan fingerprint density at radius 2 is 1.93 bits per heavy atom. The van der Waals surface area contributed by atoms with E-state index >= 15 is 0 Å². The monoisotopic (exact) mass is 444 g/mol. The first-order valence-electron chi connectivity index (χ1n) is 9.57. The molecule has 0 spiro atoms. The molecule has 0 unspecified atom stereocenters. The maximum Gasteiger partial charge on any atom is 0.416 e. The van der Waals surface area contributed by atoms with E-state index < -0.39 is 17.6 Å². The molecule has 1 amide bonds. The van der Waals surface area contributed by atoms with Crippen LogP contribution < -0.4 is 9.54 Å². The fraction of sp³-hybridized carbons (Fsp3) is 0.524. The summed E-state index contributed by atoms with van der Waals surface area (Å²) in [7, 11) is 0. The van der Waals surface area contributed by atoms with Gasteiger partial charge in [0.15, 0.2) is 4.80 Å². The number of benzene rings is 1. The number of halogens is 3. The molecule has 2 rings (SSSR count). The van der Waals surface area contributed by atoms with E-state index in [4.69, 9.17) is 9.84 Å². The van der Waals surface area contributed by atoms with Crippen LogP contribution in [0.4, 0.5) is 13.2 Å². The van der Waals surface area contributed by atoms with Gasteiger partial charge in [-0.25, -0.2) is 0 Å². The van der Waals surface area contributed by atoms with Crippen LogP contribution >= 0.6 is 11.3 Å². The number of amides is 1. The minimum absolute atomic E-state index is 0.0474. The Bertz CT molecular complexity index is 954. The summed E-state index contributed by atoms with van der Waals surface area (Å²) in [4.78, 5) is 18.5. The molecule has 1 aromatic carbocycles. The van der Waals surface area contributed by atoms with E-state index in [0.717, 1.165) is 23.1 Å². The van der Waals surface area contributed by atoms with Crippen molar-refractivity contribution in [3.8, 4) is 5.75 Å². The molecular formula is C21H27F3N2O3S. The molecule has 0 saturated heterocycles. The van der Waals surface area contributed by atoms with Crippen molar-refractivity contribution in [2.45, 2.75) is 52.8 Å². The van der Waals surface area contributed by atoms with Gasteiger partial charge in [-0.3, -0.25) is 4.79 Å². The fourth-order valence-corrected chi connectivity index (χ4v) is 3.70. The highest BCUT2D eigenvalue weighted by molar-refractivity contribution is 7.09. The number of carbonyl (C=O) groups is 1. The first-order valence-corrected chi connectivity index (χ1v) is 10.4. The third-order valence-electron chi connectivity index (χ3n) is 4.10. The highest BCUT2D eigenvalue weighted by atomic mass is 32.1. The van der Waals surface area contributed by atoms with Gasteiger partial charge in [0.1, 0.15) is 12.4 Å². The summed E-state index contributed by atoms with van der Waals surface area (Å²) < 4.78 is 46.6. The molecular weight excluding hydrogens is 417 g/mol. The molecule has 1 N–H and O–H groups in total. The lowest BCUT2D eigenvalue weighted by Crippen LogP contribution is -2.19. The van der Waals surface area contributed by atoms with E-state index in [1.54, 1.807) is 0 Å². The number of nitrogens with zero attached hydrogens (tertiary/aromatic N) is 2. The quantitative estimate of drug-likeness (QED) is 0.706. The molecule has 1 heterocycles. The Morgan fingerprint density at radius 1 is 1.27 bits per heavy atom. The maximum absolute atomic E-state index is 13.2. The Hall–Kier alpha value is -2.13. The average Bonchev–Trinajstić information content (AvgIpc) is 3.01. The molecule has 0 bridgehead atoms. The number of ether oxygens (including phenoxy) is 1. The zero-order valence-electron chi connectivity index (χ0n) is 17.7. The smallest absolute Gasteiger partial charge is 0.416 e. The van der Waals surface area contributed by atoms with Crippen LogP contribution in [0.2, 0.25) is 0 Å². The molecule has 0 fully saturated rings. The Kier molecular flexibility index (Phi) is 7.52. The molecule has 0 aliphatic heterocycles. The second-order valence-electron chi connectivity index (χ2n) is 8.37. The van der Waals surface area contributed by atoms with Gasteiger partial charge in [0, 0.05) is 17.6 Å². The molecule has 0 atom stereocenters. The van der Waals surface area contributed by atoms with Gasteiger partial charge in [0.25, 0.3) is 5.91 Å². The van der Waals surface area contributed by atoms with Crippen LogP contribution in [0.15, 0.2) is 29.4 Å². The summed E-state index contributed by atoms with van der Waals surface area (Å²) in [5.74, 6) is -0.582. The summed E-state index contributed by atoms with van der Waals surface area (Å²) >= 11 is 1.34. The minimum Gasteiger partial charge on any atom is -0.490 e. The fourth-order valence-electron chi connectivity index (χ4n) is 2.64. The molecule has 30 heavy (non-hydrogen) atoms. The molecule has 0 radical (unpaired) electrons. The normalized spacial score (nSPS) is 13.2. The van der Waals surface area contributed by atoms with Crippen LogP contribution in [0.25, 0.3) is 0 Å². The first-order chi connectivity index (χ1) is 13.8. The number of hydrogen-bond acceptors (Lipinski definition) is 4. The van der Waals surface area contributed by atoms with Gasteiger partial charge in [0.2, 0.25) is 0 Å². The van der Waals surface area contributed by atoms with Gasteiger partial charge in [-0.15, -0.1) is 11.3 Å². The van der Waals surface area contributed by atoms with Gasteiger partial charge in [0.05, 0.1) is 17.7 Å². The topological polar surface area (TPSA) is 63.8 Å². The molecule has 9 heteroatoms. The van der Waals surface area contributed by atoms with Gasteiger partial charge in [-0.2, -0.15) is 18.2 Å². The van der Waals surface area contributed by atoms with Crippen molar-refractivity contribution >= 4 is 17.2 Å². The lowest BCUT2D eigenvalue weighted by molar-refractivity contribution is -0.137. The largest absolute Gasteiger partial charge is 0.490 e. The summed E-state index contributed by atoms with van der Waals surface area (Å²) in [6, 6.07) is 2.66. The van der Waals surface area contributed by atoms with Crippen LogP contribution in [0.5, 0.6) is 5.75 Å². The van der Waals surface area contributed by atoms with Crippen molar-refractivity contribution < 1.29 is 27.8 Å². The summed E-state index contributed by atoms with van der Waals surface area (Å²) in [6.07, 6.45) is -2.67. The van der Waals surface area contributed by atoms with Gasteiger partial charge in [-0.05, 0) is 29.5 Å². The van der Waals surface area contributed by atoms with Crippen molar-refractivity contribution in [1.29, 1.82) is 0 Å². The van der Waals surface area contributed by atoms with E-state index in [1.165, 1.54) is 11.3 Å². The number of carbonyl (C=O) groups excluding carboxylic acids is 1. The van der Waals surface area contributed by atoms with Crippen molar-refractivity contribution in [3.05, 3.63) is 45.2 Å². The van der Waals surface area contributed by atoms with Gasteiger partial charge >= 0.3 is 6.18 Å². The van der Waals surface area contributed by atoms with E-state index in [-0.39, 0.29) is 29.9 Å². The lowest BCUT2D eigenvalue weighted by Gasteiger charge is -2.14. The van der Waals surface area contributed by atoms with Crippen LogP contribution in [0, 0.1) is 5.92 Å². The summed E-state index contributed by atoms with van der Waals surface area (Å²) in [5, 5.41) is 8.96. The highest BCUT2D eigenvalue weighted by Crippen LogP contribution is 2.33. The highest BCUT2D eigenvalue weighted by Gasteiger charge is 2.32. The van der Waals surface area contributed by atoms with Gasteiger partial charge < -0.3 is 14.4 Å². The Balaban J connectivity index is 2.59. The van der Waals surface area contributed by atoms with E-state index in [2.05, 4.69) is 4.99 Å². The number of aromatic nitrogens is 1. The maximum atomic E-state index is 13.2. The van der Waals surface area contributed by atoms with E-state index in [1.807, 2.05) is 45.4 Å². The third kappa shape index (κ3) is 6.18. The SMILES string of the molecule is CC(C)Cn1cc(C(C)(C)C)s/c1=N\C(=O)c1cc(C(F)(F)F)ccc1OCCO. The second kappa shape index (κ2) is 9.34. The summed E-state index contributed by atoms with van der Waals surface area (Å²) in [5.41, 5.74) is -1.42. The molecule has 0 saturated carbocycles.